The molecule has 0 aliphatic rings. The fourth-order valence-electron chi connectivity index (χ4n) is 1.72. The van der Waals surface area contributed by atoms with Crippen molar-refractivity contribution in [2.24, 2.45) is 0 Å². The van der Waals surface area contributed by atoms with Gasteiger partial charge in [0, 0.05) is 12.1 Å². The molecule has 0 saturated heterocycles. The number of carboxylic acid groups (broad SMARTS) is 1. The molecule has 6 heteroatoms. The minimum absolute atomic E-state index is 0.0730. The molecule has 1 aromatic carbocycles. The van der Waals surface area contributed by atoms with Crippen LogP contribution in [0.5, 0.6) is 0 Å². The molecule has 1 N–H and O–H groups in total. The zero-order valence-corrected chi connectivity index (χ0v) is 11.1. The van der Waals surface area contributed by atoms with Crippen molar-refractivity contribution in [3.8, 4) is 11.3 Å². The first-order valence-electron chi connectivity index (χ1n) is 5.30. The predicted molar refractivity (Wildman–Crippen MR) is 68.0 cm³/mol. The third-order valence-corrected chi connectivity index (χ3v) is 3.25. The number of aromatic nitrogens is 2. The maximum Gasteiger partial charge on any atom is 0.357 e. The third-order valence-electron chi connectivity index (χ3n) is 2.49. The van der Waals surface area contributed by atoms with Crippen LogP contribution >= 0.6 is 15.9 Å². The minimum atomic E-state index is -1.12. The Kier molecular flexibility index (Phi) is 3.47. The summed E-state index contributed by atoms with van der Waals surface area (Å²) in [6, 6.07) is 5.97. The quantitative estimate of drug-likeness (QED) is 0.947. The fraction of sp³-hybridized carbons (Fsp3) is 0.167. The smallest absolute Gasteiger partial charge is 0.357 e. The molecule has 0 amide bonds. The Morgan fingerprint density at radius 1 is 1.56 bits per heavy atom. The molecule has 0 aliphatic heterocycles. The van der Waals surface area contributed by atoms with Gasteiger partial charge in [0.05, 0.1) is 10.2 Å². The van der Waals surface area contributed by atoms with Crippen LogP contribution in [0.25, 0.3) is 11.3 Å². The van der Waals surface area contributed by atoms with Gasteiger partial charge in [-0.25, -0.2) is 9.18 Å². The van der Waals surface area contributed by atoms with E-state index >= 15 is 0 Å². The van der Waals surface area contributed by atoms with E-state index < -0.39 is 5.97 Å². The molecule has 0 radical (unpaired) electrons. The van der Waals surface area contributed by atoms with Crippen molar-refractivity contribution in [2.75, 3.05) is 0 Å². The minimum Gasteiger partial charge on any atom is -0.476 e. The fourth-order valence-corrected chi connectivity index (χ4v) is 2.40. The number of hydrogen-bond acceptors (Lipinski definition) is 2. The number of carbonyl (C=O) groups is 1. The van der Waals surface area contributed by atoms with Crippen LogP contribution in [0.1, 0.15) is 17.4 Å². The standard InChI is InChI=1S/C12H10BrFN2O2/c1-2-16-11(7-4-3-5-8(14)6-7)9(13)10(15-16)12(17)18/h3-6H,2H2,1H3,(H,17,18). The maximum atomic E-state index is 13.2. The summed E-state index contributed by atoms with van der Waals surface area (Å²) in [5, 5.41) is 13.0. The van der Waals surface area contributed by atoms with Gasteiger partial charge in [0.15, 0.2) is 5.69 Å². The SMILES string of the molecule is CCn1nc(C(=O)O)c(Br)c1-c1cccc(F)c1. The van der Waals surface area contributed by atoms with Gasteiger partial charge < -0.3 is 5.11 Å². The molecule has 0 fully saturated rings. The monoisotopic (exact) mass is 312 g/mol. The zero-order valence-electron chi connectivity index (χ0n) is 9.52. The molecule has 4 nitrogen and oxygen atoms in total. The van der Waals surface area contributed by atoms with Crippen molar-refractivity contribution in [2.45, 2.75) is 13.5 Å². The van der Waals surface area contributed by atoms with Crippen LogP contribution in [0.15, 0.2) is 28.7 Å². The Balaban J connectivity index is 2.66. The van der Waals surface area contributed by atoms with Gasteiger partial charge in [-0.15, -0.1) is 0 Å². The van der Waals surface area contributed by atoms with Gasteiger partial charge in [-0.2, -0.15) is 5.10 Å². The number of aryl methyl sites for hydroxylation is 1. The average Bonchev–Trinajstić information content (AvgIpc) is 2.66. The molecular formula is C12H10BrFN2O2. The van der Waals surface area contributed by atoms with Crippen molar-refractivity contribution in [1.29, 1.82) is 0 Å². The van der Waals surface area contributed by atoms with E-state index in [4.69, 9.17) is 5.11 Å². The lowest BCUT2D eigenvalue weighted by atomic mass is 10.1. The summed E-state index contributed by atoms with van der Waals surface area (Å²) >= 11 is 3.22. The lowest BCUT2D eigenvalue weighted by Gasteiger charge is -2.05. The van der Waals surface area contributed by atoms with E-state index in [9.17, 15) is 9.18 Å². The molecule has 2 aromatic rings. The first-order valence-corrected chi connectivity index (χ1v) is 6.09. The third kappa shape index (κ3) is 2.15. The molecule has 0 atom stereocenters. The van der Waals surface area contributed by atoms with Gasteiger partial charge in [-0.1, -0.05) is 12.1 Å². The molecule has 0 unspecified atom stereocenters. The lowest BCUT2D eigenvalue weighted by molar-refractivity contribution is 0.0688. The van der Waals surface area contributed by atoms with Crippen LogP contribution in [-0.4, -0.2) is 20.9 Å². The van der Waals surface area contributed by atoms with Gasteiger partial charge in [-0.3, -0.25) is 4.68 Å². The molecular weight excluding hydrogens is 303 g/mol. The second kappa shape index (κ2) is 4.89. The molecule has 1 aromatic heterocycles. The van der Waals surface area contributed by atoms with Crippen LogP contribution in [0.3, 0.4) is 0 Å². The molecule has 0 saturated carbocycles. The van der Waals surface area contributed by atoms with Crippen molar-refractivity contribution in [3.05, 3.63) is 40.2 Å². The van der Waals surface area contributed by atoms with E-state index in [2.05, 4.69) is 21.0 Å². The largest absolute Gasteiger partial charge is 0.476 e. The summed E-state index contributed by atoms with van der Waals surface area (Å²) in [5.74, 6) is -1.49. The van der Waals surface area contributed by atoms with Gasteiger partial charge in [0.25, 0.3) is 0 Å². The molecule has 94 valence electrons. The normalized spacial score (nSPS) is 10.6. The Labute approximate surface area is 111 Å². The Bertz CT molecular complexity index is 610. The molecule has 2 rings (SSSR count). The zero-order chi connectivity index (χ0) is 13.3. The lowest BCUT2D eigenvalue weighted by Crippen LogP contribution is -2.02. The Morgan fingerprint density at radius 3 is 2.83 bits per heavy atom. The Morgan fingerprint density at radius 2 is 2.28 bits per heavy atom. The van der Waals surface area contributed by atoms with E-state index in [0.717, 1.165) is 0 Å². The number of rotatable bonds is 3. The summed E-state index contributed by atoms with van der Waals surface area (Å²) in [7, 11) is 0. The number of carboxylic acids is 1. The van der Waals surface area contributed by atoms with Crippen molar-refractivity contribution >= 4 is 21.9 Å². The number of hydrogen-bond donors (Lipinski definition) is 1. The van der Waals surface area contributed by atoms with E-state index in [0.29, 0.717) is 22.3 Å². The second-order valence-electron chi connectivity index (χ2n) is 3.64. The molecule has 1 heterocycles. The summed E-state index contributed by atoms with van der Waals surface area (Å²) in [6.07, 6.45) is 0. The second-order valence-corrected chi connectivity index (χ2v) is 4.44. The highest BCUT2D eigenvalue weighted by molar-refractivity contribution is 9.10. The first-order chi connectivity index (χ1) is 8.54. The van der Waals surface area contributed by atoms with Gasteiger partial charge in [-0.05, 0) is 35.0 Å². The number of nitrogens with zero attached hydrogens (tertiary/aromatic N) is 2. The van der Waals surface area contributed by atoms with Crippen molar-refractivity contribution in [1.82, 2.24) is 9.78 Å². The summed E-state index contributed by atoms with van der Waals surface area (Å²) in [4.78, 5) is 11.0. The van der Waals surface area contributed by atoms with Gasteiger partial charge in [0.2, 0.25) is 0 Å². The number of aromatic carboxylic acids is 1. The topological polar surface area (TPSA) is 55.1 Å². The van der Waals surface area contributed by atoms with Crippen LogP contribution in [-0.2, 0) is 6.54 Å². The predicted octanol–water partition coefficient (Wildman–Crippen LogP) is 3.17. The molecule has 0 bridgehead atoms. The van der Waals surface area contributed by atoms with Gasteiger partial charge >= 0.3 is 5.97 Å². The molecule has 0 aliphatic carbocycles. The van der Waals surface area contributed by atoms with Gasteiger partial charge in [0.1, 0.15) is 5.82 Å². The summed E-state index contributed by atoms with van der Waals surface area (Å²) in [5.41, 5.74) is 1.08. The van der Waals surface area contributed by atoms with E-state index in [1.54, 1.807) is 12.1 Å². The molecule has 18 heavy (non-hydrogen) atoms. The number of halogens is 2. The van der Waals surface area contributed by atoms with Crippen molar-refractivity contribution in [3.63, 3.8) is 0 Å². The van der Waals surface area contributed by atoms with Crippen LogP contribution < -0.4 is 0 Å². The Hall–Kier alpha value is -1.69. The highest BCUT2D eigenvalue weighted by Crippen LogP contribution is 2.31. The van der Waals surface area contributed by atoms with Crippen LogP contribution in [0.4, 0.5) is 4.39 Å². The number of benzene rings is 1. The maximum absolute atomic E-state index is 13.2. The first kappa shape index (κ1) is 12.8. The summed E-state index contributed by atoms with van der Waals surface area (Å²) < 4.78 is 15.1. The highest BCUT2D eigenvalue weighted by Gasteiger charge is 2.21. The van der Waals surface area contributed by atoms with E-state index in [-0.39, 0.29) is 11.5 Å². The highest BCUT2D eigenvalue weighted by atomic mass is 79.9. The summed E-state index contributed by atoms with van der Waals surface area (Å²) in [6.45, 7) is 2.34. The van der Waals surface area contributed by atoms with Crippen LogP contribution in [0, 0.1) is 5.82 Å². The molecule has 0 spiro atoms. The van der Waals surface area contributed by atoms with E-state index in [1.165, 1.54) is 16.8 Å². The van der Waals surface area contributed by atoms with E-state index in [1.807, 2.05) is 6.92 Å². The average molecular weight is 313 g/mol. The van der Waals surface area contributed by atoms with Crippen LogP contribution in [0.2, 0.25) is 0 Å². The van der Waals surface area contributed by atoms with Crippen molar-refractivity contribution < 1.29 is 14.3 Å².